The Bertz CT molecular complexity index is 80.2. The van der Waals surface area contributed by atoms with E-state index in [9.17, 15) is 0 Å². The average Bonchev–Trinajstić information content (AvgIpc) is 1.78. The lowest BCUT2D eigenvalue weighted by Gasteiger charge is -2.23. The fourth-order valence-corrected chi connectivity index (χ4v) is 0.724. The van der Waals surface area contributed by atoms with E-state index in [1.165, 1.54) is 0 Å². The molecule has 0 unspecified atom stereocenters. The van der Waals surface area contributed by atoms with Gasteiger partial charge in [-0.15, -0.1) is 0 Å². The van der Waals surface area contributed by atoms with E-state index in [0.29, 0.717) is 0 Å². The number of alkyl halides is 1. The van der Waals surface area contributed by atoms with E-state index in [0.717, 1.165) is 29.6 Å². The van der Waals surface area contributed by atoms with Crippen molar-refractivity contribution >= 4 is 15.9 Å². The van der Waals surface area contributed by atoms with E-state index < -0.39 is 0 Å². The molecule has 0 N–H and O–H groups in total. The van der Waals surface area contributed by atoms with Crippen LogP contribution in [0.1, 0.15) is 0 Å². The molecule has 0 aromatic carbocycles. The first-order valence-electron chi connectivity index (χ1n) is 3.50. The summed E-state index contributed by atoms with van der Waals surface area (Å²) in [6, 6.07) is 0. The van der Waals surface area contributed by atoms with Gasteiger partial charge in [-0.3, -0.25) is 0 Å². The number of hydrogen-bond acceptors (Lipinski definition) is 1. The van der Waals surface area contributed by atoms with Crippen LogP contribution in [-0.4, -0.2) is 50.7 Å². The third-order valence-electron chi connectivity index (χ3n) is 1.13. The van der Waals surface area contributed by atoms with Gasteiger partial charge in [-0.25, -0.2) is 0 Å². The monoisotopic (exact) mass is 210 g/mol. The molecule has 0 fully saturated rings. The standard InChI is InChI=1S/C7H17BrNO/c1-9(2,3)5-7-10-6-4-8/h4-7H2,1-3H3/q+1. The minimum absolute atomic E-state index is 0.819. The van der Waals surface area contributed by atoms with Crippen LogP contribution >= 0.6 is 15.9 Å². The van der Waals surface area contributed by atoms with Crippen molar-refractivity contribution in [3.63, 3.8) is 0 Å². The average molecular weight is 211 g/mol. The molecule has 10 heavy (non-hydrogen) atoms. The molecule has 62 valence electrons. The third-order valence-corrected chi connectivity index (χ3v) is 1.45. The van der Waals surface area contributed by atoms with Crippen molar-refractivity contribution in [3.8, 4) is 0 Å². The molecule has 0 aliphatic heterocycles. The predicted octanol–water partition coefficient (Wildman–Crippen LogP) is 1.10. The second-order valence-corrected chi connectivity index (χ2v) is 4.11. The van der Waals surface area contributed by atoms with Crippen molar-refractivity contribution < 1.29 is 9.22 Å². The van der Waals surface area contributed by atoms with Gasteiger partial charge in [0.2, 0.25) is 0 Å². The molecule has 0 aromatic heterocycles. The summed E-state index contributed by atoms with van der Waals surface area (Å²) in [5.74, 6) is 0. The van der Waals surface area contributed by atoms with Gasteiger partial charge in [-0.05, 0) is 0 Å². The van der Waals surface area contributed by atoms with Gasteiger partial charge in [-0.1, -0.05) is 15.9 Å². The molecule has 0 heterocycles. The molecule has 0 bridgehead atoms. The van der Waals surface area contributed by atoms with E-state index >= 15 is 0 Å². The summed E-state index contributed by atoms with van der Waals surface area (Å²) in [4.78, 5) is 0. The highest BCUT2D eigenvalue weighted by Gasteiger charge is 2.04. The summed E-state index contributed by atoms with van der Waals surface area (Å²) in [6.07, 6.45) is 0. The lowest BCUT2D eigenvalue weighted by molar-refractivity contribution is -0.870. The molecular weight excluding hydrogens is 194 g/mol. The highest BCUT2D eigenvalue weighted by atomic mass is 79.9. The summed E-state index contributed by atoms with van der Waals surface area (Å²) in [5, 5.41) is 0.935. The topological polar surface area (TPSA) is 9.23 Å². The number of likely N-dealkylation sites (N-methyl/N-ethyl adjacent to an activating group) is 1. The van der Waals surface area contributed by atoms with Crippen molar-refractivity contribution in [3.05, 3.63) is 0 Å². The van der Waals surface area contributed by atoms with Gasteiger partial charge in [0.1, 0.15) is 6.54 Å². The number of rotatable bonds is 5. The Morgan fingerprint density at radius 1 is 1.20 bits per heavy atom. The normalized spacial score (nSPS) is 12.0. The number of quaternary nitrogens is 1. The summed E-state index contributed by atoms with van der Waals surface area (Å²) < 4.78 is 6.27. The molecule has 0 saturated carbocycles. The molecule has 0 radical (unpaired) electrons. The van der Waals surface area contributed by atoms with E-state index in [1.807, 2.05) is 0 Å². The fourth-order valence-electron chi connectivity index (χ4n) is 0.495. The molecular formula is C7H17BrNO+. The van der Waals surface area contributed by atoms with Crippen LogP contribution in [0, 0.1) is 0 Å². The van der Waals surface area contributed by atoms with Crippen molar-refractivity contribution in [1.29, 1.82) is 0 Å². The van der Waals surface area contributed by atoms with Gasteiger partial charge in [0.05, 0.1) is 34.4 Å². The number of ether oxygens (including phenoxy) is 1. The van der Waals surface area contributed by atoms with Gasteiger partial charge >= 0.3 is 0 Å². The van der Waals surface area contributed by atoms with Gasteiger partial charge in [0.15, 0.2) is 0 Å². The maximum Gasteiger partial charge on any atom is 0.102 e. The van der Waals surface area contributed by atoms with E-state index in [-0.39, 0.29) is 0 Å². The van der Waals surface area contributed by atoms with Gasteiger partial charge in [0, 0.05) is 5.33 Å². The Labute approximate surface area is 71.9 Å². The lowest BCUT2D eigenvalue weighted by atomic mass is 10.5. The minimum atomic E-state index is 0.819. The molecule has 0 spiro atoms. The van der Waals surface area contributed by atoms with Crippen molar-refractivity contribution in [2.24, 2.45) is 0 Å². The maximum atomic E-state index is 5.30. The highest BCUT2D eigenvalue weighted by molar-refractivity contribution is 9.09. The second kappa shape index (κ2) is 5.10. The number of hydrogen-bond donors (Lipinski definition) is 0. The van der Waals surface area contributed by atoms with Crippen molar-refractivity contribution in [1.82, 2.24) is 0 Å². The molecule has 0 aromatic rings. The molecule has 3 heteroatoms. The van der Waals surface area contributed by atoms with Crippen LogP contribution in [0.3, 0.4) is 0 Å². The maximum absolute atomic E-state index is 5.30. The van der Waals surface area contributed by atoms with Crippen LogP contribution in [0.4, 0.5) is 0 Å². The molecule has 0 atom stereocenters. The van der Waals surface area contributed by atoms with Gasteiger partial charge < -0.3 is 9.22 Å². The first-order chi connectivity index (χ1) is 4.56. The Hall–Kier alpha value is 0.400. The lowest BCUT2D eigenvalue weighted by Crippen LogP contribution is -2.37. The Balaban J connectivity index is 3.04. The van der Waals surface area contributed by atoms with Crippen LogP contribution in [0.5, 0.6) is 0 Å². The van der Waals surface area contributed by atoms with E-state index in [1.54, 1.807) is 0 Å². The Morgan fingerprint density at radius 3 is 2.20 bits per heavy atom. The Kier molecular flexibility index (Phi) is 5.31. The fraction of sp³-hybridized carbons (Fsp3) is 1.00. The van der Waals surface area contributed by atoms with Gasteiger partial charge in [-0.2, -0.15) is 0 Å². The van der Waals surface area contributed by atoms with Crippen LogP contribution in [0.25, 0.3) is 0 Å². The van der Waals surface area contributed by atoms with Crippen molar-refractivity contribution in [2.75, 3.05) is 46.2 Å². The molecule has 0 amide bonds. The SMILES string of the molecule is C[N+](C)(C)CCOCCBr. The smallest absolute Gasteiger partial charge is 0.102 e. The van der Waals surface area contributed by atoms with Crippen LogP contribution in [0.2, 0.25) is 0 Å². The first kappa shape index (κ1) is 10.4. The molecule has 0 saturated heterocycles. The van der Waals surface area contributed by atoms with Crippen LogP contribution in [-0.2, 0) is 4.74 Å². The summed E-state index contributed by atoms with van der Waals surface area (Å²) >= 11 is 3.30. The third kappa shape index (κ3) is 8.40. The summed E-state index contributed by atoms with van der Waals surface area (Å²) in [5.41, 5.74) is 0. The molecule has 0 aliphatic rings. The minimum Gasteiger partial charge on any atom is -0.375 e. The quantitative estimate of drug-likeness (QED) is 0.376. The van der Waals surface area contributed by atoms with E-state index in [2.05, 4.69) is 37.1 Å². The first-order valence-corrected chi connectivity index (χ1v) is 4.62. The largest absolute Gasteiger partial charge is 0.375 e. The molecule has 0 rings (SSSR count). The zero-order chi connectivity index (χ0) is 8.04. The van der Waals surface area contributed by atoms with Crippen molar-refractivity contribution in [2.45, 2.75) is 0 Å². The Morgan fingerprint density at radius 2 is 1.80 bits per heavy atom. The summed E-state index contributed by atoms with van der Waals surface area (Å²) in [7, 11) is 6.49. The molecule has 0 aliphatic carbocycles. The summed E-state index contributed by atoms with van der Waals surface area (Å²) in [6.45, 7) is 2.75. The second-order valence-electron chi connectivity index (χ2n) is 3.32. The highest BCUT2D eigenvalue weighted by Crippen LogP contribution is 1.89. The van der Waals surface area contributed by atoms with Crippen LogP contribution < -0.4 is 0 Å². The van der Waals surface area contributed by atoms with Gasteiger partial charge in [0.25, 0.3) is 0 Å². The number of nitrogens with zero attached hydrogens (tertiary/aromatic N) is 1. The van der Waals surface area contributed by atoms with Crippen LogP contribution in [0.15, 0.2) is 0 Å². The molecule has 2 nitrogen and oxygen atoms in total. The van der Waals surface area contributed by atoms with E-state index in [4.69, 9.17) is 4.74 Å². The zero-order valence-corrected chi connectivity index (χ0v) is 8.65. The zero-order valence-electron chi connectivity index (χ0n) is 7.06. The predicted molar refractivity (Wildman–Crippen MR) is 47.5 cm³/mol. The number of halogens is 1.